The molecular weight excluding hydrogens is 301 g/mol. The molecule has 0 fully saturated rings. The van der Waals surface area contributed by atoms with Crippen LogP contribution in [0.5, 0.6) is 0 Å². The number of aromatic nitrogens is 2. The highest BCUT2D eigenvalue weighted by Crippen LogP contribution is 2.34. The molecule has 0 saturated carbocycles. The van der Waals surface area contributed by atoms with Gasteiger partial charge in [0.15, 0.2) is 0 Å². The predicted molar refractivity (Wildman–Crippen MR) is 82.4 cm³/mol. The van der Waals surface area contributed by atoms with Crippen molar-refractivity contribution < 1.29 is 0 Å². The van der Waals surface area contributed by atoms with Crippen LogP contribution in [-0.4, -0.2) is 15.8 Å². The minimum atomic E-state index is -0.0243. The molecule has 2 rings (SSSR count). The Morgan fingerprint density at radius 3 is 2.47 bits per heavy atom. The molecule has 0 aromatic carbocycles. The van der Waals surface area contributed by atoms with Gasteiger partial charge < -0.3 is 5.73 Å². The summed E-state index contributed by atoms with van der Waals surface area (Å²) in [5.74, 6) is 0. The number of rotatable bonds is 4. The lowest BCUT2D eigenvalue weighted by atomic mass is 10.1. The van der Waals surface area contributed by atoms with E-state index in [0.717, 1.165) is 27.0 Å². The molecule has 19 heavy (non-hydrogen) atoms. The summed E-state index contributed by atoms with van der Waals surface area (Å²) in [7, 11) is 0. The molecule has 2 N–H and O–H groups in total. The molecule has 0 aliphatic rings. The van der Waals surface area contributed by atoms with E-state index in [1.807, 2.05) is 30.7 Å². The molecule has 0 spiro atoms. The Kier molecular flexibility index (Phi) is 4.56. The maximum Gasteiger partial charge on any atom is 0.101 e. The van der Waals surface area contributed by atoms with E-state index in [1.165, 1.54) is 11.3 Å². The van der Waals surface area contributed by atoms with Crippen LogP contribution < -0.4 is 5.73 Å². The van der Waals surface area contributed by atoms with Gasteiger partial charge in [0.2, 0.25) is 0 Å². The van der Waals surface area contributed by atoms with Gasteiger partial charge in [-0.05, 0) is 32.4 Å². The summed E-state index contributed by atoms with van der Waals surface area (Å²) in [6.07, 6.45) is 0.857. The summed E-state index contributed by atoms with van der Waals surface area (Å²) in [6.45, 7) is 5.94. The summed E-state index contributed by atoms with van der Waals surface area (Å²) in [5, 5.41) is 5.24. The Bertz CT molecular complexity index is 576. The standard InChI is InChI=1S/C13H17Cl2N3S/c1-4-9(16)13(10-5-6-11(14)19-10)18-8(3)12(15)7(2)17-18/h5-6,9,13H,4,16H2,1-3H3. The summed E-state index contributed by atoms with van der Waals surface area (Å²) >= 11 is 13.8. The van der Waals surface area contributed by atoms with E-state index in [-0.39, 0.29) is 12.1 Å². The van der Waals surface area contributed by atoms with E-state index in [2.05, 4.69) is 12.0 Å². The molecule has 0 radical (unpaired) electrons. The van der Waals surface area contributed by atoms with Crippen molar-refractivity contribution in [1.82, 2.24) is 9.78 Å². The molecule has 0 saturated heterocycles. The molecule has 2 heterocycles. The van der Waals surface area contributed by atoms with Crippen molar-refractivity contribution in [2.45, 2.75) is 39.3 Å². The van der Waals surface area contributed by atoms with Crippen molar-refractivity contribution in [1.29, 1.82) is 0 Å². The Labute approximate surface area is 127 Å². The first-order chi connectivity index (χ1) is 8.95. The third-order valence-electron chi connectivity index (χ3n) is 3.26. The molecule has 0 bridgehead atoms. The molecule has 2 aromatic rings. The summed E-state index contributed by atoms with van der Waals surface area (Å²) in [5.41, 5.74) is 8.05. The number of hydrogen-bond donors (Lipinski definition) is 1. The Morgan fingerprint density at radius 2 is 2.05 bits per heavy atom. The van der Waals surface area contributed by atoms with Crippen LogP contribution in [-0.2, 0) is 0 Å². The molecule has 0 aliphatic carbocycles. The summed E-state index contributed by atoms with van der Waals surface area (Å²) in [4.78, 5) is 1.11. The normalized spacial score (nSPS) is 14.6. The first-order valence-electron chi connectivity index (χ1n) is 6.17. The van der Waals surface area contributed by atoms with Crippen LogP contribution in [0.3, 0.4) is 0 Å². The molecule has 2 aromatic heterocycles. The van der Waals surface area contributed by atoms with Gasteiger partial charge in [-0.1, -0.05) is 30.1 Å². The molecule has 2 atom stereocenters. The molecule has 0 aliphatic heterocycles. The van der Waals surface area contributed by atoms with E-state index in [9.17, 15) is 0 Å². The van der Waals surface area contributed by atoms with Gasteiger partial charge in [0.25, 0.3) is 0 Å². The maximum absolute atomic E-state index is 6.28. The van der Waals surface area contributed by atoms with Crippen molar-refractivity contribution in [3.8, 4) is 0 Å². The third kappa shape index (κ3) is 2.82. The lowest BCUT2D eigenvalue weighted by Crippen LogP contribution is -2.33. The zero-order chi connectivity index (χ0) is 14.2. The van der Waals surface area contributed by atoms with Crippen molar-refractivity contribution in [2.75, 3.05) is 0 Å². The van der Waals surface area contributed by atoms with Crippen LogP contribution >= 0.6 is 34.5 Å². The first kappa shape index (κ1) is 14.9. The minimum absolute atomic E-state index is 0.0197. The molecule has 3 nitrogen and oxygen atoms in total. The average Bonchev–Trinajstić information content (AvgIpc) is 2.90. The summed E-state index contributed by atoms with van der Waals surface area (Å²) in [6, 6.07) is 3.86. The zero-order valence-corrected chi connectivity index (χ0v) is 13.5. The summed E-state index contributed by atoms with van der Waals surface area (Å²) < 4.78 is 2.68. The highest BCUT2D eigenvalue weighted by atomic mass is 35.5. The monoisotopic (exact) mass is 317 g/mol. The van der Waals surface area contributed by atoms with Crippen molar-refractivity contribution in [3.63, 3.8) is 0 Å². The van der Waals surface area contributed by atoms with Crippen molar-refractivity contribution >= 4 is 34.5 Å². The number of aryl methyl sites for hydroxylation is 1. The second kappa shape index (κ2) is 5.83. The quantitative estimate of drug-likeness (QED) is 0.918. The van der Waals surface area contributed by atoms with Crippen LogP contribution in [0.1, 0.15) is 35.7 Å². The van der Waals surface area contributed by atoms with Gasteiger partial charge >= 0.3 is 0 Å². The van der Waals surface area contributed by atoms with E-state index in [1.54, 1.807) is 0 Å². The number of hydrogen-bond acceptors (Lipinski definition) is 3. The maximum atomic E-state index is 6.28. The smallest absolute Gasteiger partial charge is 0.101 e. The van der Waals surface area contributed by atoms with E-state index in [4.69, 9.17) is 28.9 Å². The van der Waals surface area contributed by atoms with Gasteiger partial charge in [-0.15, -0.1) is 11.3 Å². The van der Waals surface area contributed by atoms with Gasteiger partial charge in [0.1, 0.15) is 6.04 Å². The fourth-order valence-electron chi connectivity index (χ4n) is 2.14. The Balaban J connectivity index is 2.52. The zero-order valence-electron chi connectivity index (χ0n) is 11.2. The minimum Gasteiger partial charge on any atom is -0.326 e. The average molecular weight is 318 g/mol. The van der Waals surface area contributed by atoms with Crippen LogP contribution in [0.15, 0.2) is 12.1 Å². The molecule has 0 amide bonds. The van der Waals surface area contributed by atoms with Crippen LogP contribution in [0.2, 0.25) is 9.36 Å². The van der Waals surface area contributed by atoms with Crippen LogP contribution in [0, 0.1) is 13.8 Å². The number of nitrogens with zero attached hydrogens (tertiary/aromatic N) is 2. The van der Waals surface area contributed by atoms with Gasteiger partial charge in [0.05, 0.1) is 20.7 Å². The van der Waals surface area contributed by atoms with Gasteiger partial charge in [-0.25, -0.2) is 0 Å². The fraction of sp³-hybridized carbons (Fsp3) is 0.462. The predicted octanol–water partition coefficient (Wildman–Crippen LogP) is 4.19. The van der Waals surface area contributed by atoms with Gasteiger partial charge in [-0.3, -0.25) is 4.68 Å². The first-order valence-corrected chi connectivity index (χ1v) is 7.75. The van der Waals surface area contributed by atoms with E-state index >= 15 is 0 Å². The number of nitrogens with two attached hydrogens (primary N) is 1. The Morgan fingerprint density at radius 1 is 1.37 bits per heavy atom. The highest BCUT2D eigenvalue weighted by molar-refractivity contribution is 7.16. The van der Waals surface area contributed by atoms with E-state index in [0.29, 0.717) is 5.02 Å². The molecule has 2 unspecified atom stereocenters. The third-order valence-corrected chi connectivity index (χ3v) is 5.11. The highest BCUT2D eigenvalue weighted by Gasteiger charge is 2.26. The van der Waals surface area contributed by atoms with Crippen LogP contribution in [0.4, 0.5) is 0 Å². The van der Waals surface area contributed by atoms with E-state index < -0.39 is 0 Å². The fourth-order valence-corrected chi connectivity index (χ4v) is 3.48. The van der Waals surface area contributed by atoms with Crippen molar-refractivity contribution in [3.05, 3.63) is 37.8 Å². The molecular formula is C13H17Cl2N3S. The second-order valence-electron chi connectivity index (χ2n) is 4.59. The second-order valence-corrected chi connectivity index (χ2v) is 6.71. The topological polar surface area (TPSA) is 43.8 Å². The van der Waals surface area contributed by atoms with Gasteiger partial charge in [-0.2, -0.15) is 5.10 Å². The lowest BCUT2D eigenvalue weighted by molar-refractivity contribution is 0.421. The number of thiophene rings is 1. The number of halogens is 2. The Hall–Kier alpha value is -0.550. The molecule has 104 valence electrons. The SMILES string of the molecule is CCC(N)C(c1ccc(Cl)s1)n1nc(C)c(Cl)c1C. The van der Waals surface area contributed by atoms with Crippen molar-refractivity contribution in [2.24, 2.45) is 5.73 Å². The van der Waals surface area contributed by atoms with Crippen LogP contribution in [0.25, 0.3) is 0 Å². The largest absolute Gasteiger partial charge is 0.326 e. The lowest BCUT2D eigenvalue weighted by Gasteiger charge is -2.23. The molecule has 6 heteroatoms. The van der Waals surface area contributed by atoms with Gasteiger partial charge in [0, 0.05) is 10.9 Å².